The molecule has 1 aliphatic rings. The normalized spacial score (nSPS) is 16.4. The number of carbonyl (C=O) groups is 2. The molecule has 0 radical (unpaired) electrons. The average molecular weight is 575 g/mol. The highest BCUT2D eigenvalue weighted by molar-refractivity contribution is 6.02. The van der Waals surface area contributed by atoms with Crippen LogP contribution in [-0.4, -0.2) is 76.2 Å². The molecule has 1 heterocycles. The minimum atomic E-state index is -0.848. The fourth-order valence-corrected chi connectivity index (χ4v) is 3.60. The quantitative estimate of drug-likeness (QED) is 0.397. The van der Waals surface area contributed by atoms with E-state index in [1.807, 2.05) is 0 Å². The molecule has 2 amide bonds. The van der Waals surface area contributed by atoms with Crippen LogP contribution in [0.25, 0.3) is 0 Å². The van der Waals surface area contributed by atoms with Crippen molar-refractivity contribution in [3.05, 3.63) is 48.5 Å². The highest BCUT2D eigenvalue weighted by Gasteiger charge is 2.36. The van der Waals surface area contributed by atoms with Gasteiger partial charge in [0.1, 0.15) is 35.9 Å². The molecule has 0 atom stereocenters. The predicted octanol–water partition coefficient (Wildman–Crippen LogP) is 5.61. The fourth-order valence-electron chi connectivity index (χ4n) is 3.60. The van der Waals surface area contributed by atoms with Gasteiger partial charge in [-0.2, -0.15) is 10.0 Å². The summed E-state index contributed by atoms with van der Waals surface area (Å²) in [5, 5.41) is 2.26. The van der Waals surface area contributed by atoms with E-state index in [1.54, 1.807) is 90.1 Å². The van der Waals surface area contributed by atoms with Crippen LogP contribution < -0.4 is 19.5 Å². The Labute approximate surface area is 242 Å². The first-order chi connectivity index (χ1) is 19.4. The lowest BCUT2D eigenvalue weighted by molar-refractivity contribution is 0.00499. The van der Waals surface area contributed by atoms with Gasteiger partial charge in [0.25, 0.3) is 0 Å². The molecule has 3 rings (SSSR count). The second-order valence-corrected chi connectivity index (χ2v) is 11.1. The van der Waals surface area contributed by atoms with E-state index in [-0.39, 0.29) is 13.2 Å². The number of amides is 2. The zero-order valence-corrected chi connectivity index (χ0v) is 24.8. The molecule has 0 saturated heterocycles. The van der Waals surface area contributed by atoms with E-state index < -0.39 is 23.4 Å². The minimum Gasteiger partial charge on any atom is -0.491 e. The van der Waals surface area contributed by atoms with Crippen LogP contribution in [0.15, 0.2) is 48.5 Å². The van der Waals surface area contributed by atoms with Gasteiger partial charge in [-0.15, -0.1) is 0 Å². The molecular formula is C30H42N2O9. The summed E-state index contributed by atoms with van der Waals surface area (Å²) in [6, 6.07) is 13.6. The molecular weight excluding hydrogens is 532 g/mol. The van der Waals surface area contributed by atoms with Crippen molar-refractivity contribution in [1.82, 2.24) is 0 Å². The number of rotatable bonds is 0. The van der Waals surface area contributed by atoms with Gasteiger partial charge in [0, 0.05) is 12.1 Å². The number of benzene rings is 2. The lowest BCUT2D eigenvalue weighted by Gasteiger charge is -2.36. The SMILES string of the molecule is CC(C)(C)OC(=O)N1c2cccc(c2)OCCOCCOCCOCCOc2cccc(c2)N1C(=O)OC(C)(C)C. The van der Waals surface area contributed by atoms with Gasteiger partial charge >= 0.3 is 12.2 Å². The maximum Gasteiger partial charge on any atom is 0.434 e. The molecule has 226 valence electrons. The van der Waals surface area contributed by atoms with E-state index in [0.29, 0.717) is 62.5 Å². The van der Waals surface area contributed by atoms with Crippen LogP contribution in [0.2, 0.25) is 0 Å². The zero-order chi connectivity index (χ0) is 29.9. The largest absolute Gasteiger partial charge is 0.491 e. The maximum atomic E-state index is 13.8. The summed E-state index contributed by atoms with van der Waals surface area (Å²) in [6.07, 6.45) is -1.58. The van der Waals surface area contributed by atoms with Crippen molar-refractivity contribution in [2.24, 2.45) is 0 Å². The Morgan fingerprint density at radius 3 is 1.27 bits per heavy atom. The van der Waals surface area contributed by atoms with Crippen LogP contribution in [0.4, 0.5) is 21.0 Å². The first-order valence-electron chi connectivity index (χ1n) is 13.7. The van der Waals surface area contributed by atoms with E-state index in [9.17, 15) is 9.59 Å². The van der Waals surface area contributed by atoms with Crippen LogP contribution in [0.3, 0.4) is 0 Å². The number of nitrogens with zero attached hydrogens (tertiary/aromatic N) is 2. The summed E-state index contributed by atoms with van der Waals surface area (Å²) in [5.41, 5.74) is -1.05. The highest BCUT2D eigenvalue weighted by Crippen LogP contribution is 2.31. The third kappa shape index (κ3) is 11.1. The molecule has 0 spiro atoms. The molecule has 11 nitrogen and oxygen atoms in total. The topological polar surface area (TPSA) is 105 Å². The Balaban J connectivity index is 2.07. The molecule has 0 saturated carbocycles. The van der Waals surface area contributed by atoms with Gasteiger partial charge in [0.05, 0.1) is 51.0 Å². The van der Waals surface area contributed by atoms with Gasteiger partial charge < -0.3 is 33.2 Å². The molecule has 0 unspecified atom stereocenters. The highest BCUT2D eigenvalue weighted by atomic mass is 16.6. The summed E-state index contributed by atoms with van der Waals surface area (Å²) >= 11 is 0. The number of carbonyl (C=O) groups excluding carboxylic acids is 2. The van der Waals surface area contributed by atoms with Crippen molar-refractivity contribution >= 4 is 23.6 Å². The second-order valence-electron chi connectivity index (χ2n) is 11.1. The van der Waals surface area contributed by atoms with Crippen LogP contribution in [0.1, 0.15) is 41.5 Å². The average Bonchev–Trinajstić information content (AvgIpc) is 2.87. The van der Waals surface area contributed by atoms with Crippen LogP contribution in [0.5, 0.6) is 11.5 Å². The fraction of sp³-hybridized carbons (Fsp3) is 0.533. The summed E-state index contributed by atoms with van der Waals surface area (Å²) in [5.74, 6) is 0.945. The van der Waals surface area contributed by atoms with Crippen molar-refractivity contribution in [3.63, 3.8) is 0 Å². The number of hydrazine groups is 1. The van der Waals surface area contributed by atoms with Gasteiger partial charge in [0.2, 0.25) is 0 Å². The predicted molar refractivity (Wildman–Crippen MR) is 154 cm³/mol. The molecule has 0 aliphatic carbocycles. The Hall–Kier alpha value is -3.54. The maximum absolute atomic E-state index is 13.8. The van der Waals surface area contributed by atoms with E-state index in [2.05, 4.69) is 0 Å². The van der Waals surface area contributed by atoms with Gasteiger partial charge in [-0.1, -0.05) is 12.1 Å². The Kier molecular flexibility index (Phi) is 11.6. The lowest BCUT2D eigenvalue weighted by atomic mass is 10.2. The number of anilines is 2. The summed E-state index contributed by atoms with van der Waals surface area (Å²) in [6.45, 7) is 13.4. The van der Waals surface area contributed by atoms with Gasteiger partial charge in [0.15, 0.2) is 0 Å². The minimum absolute atomic E-state index is 0.272. The van der Waals surface area contributed by atoms with E-state index >= 15 is 0 Å². The Morgan fingerprint density at radius 2 is 0.927 bits per heavy atom. The van der Waals surface area contributed by atoms with Crippen molar-refractivity contribution in [2.75, 3.05) is 62.9 Å². The Bertz CT molecular complexity index is 1040. The Morgan fingerprint density at radius 1 is 0.585 bits per heavy atom. The summed E-state index contributed by atoms with van der Waals surface area (Å²) in [7, 11) is 0. The van der Waals surface area contributed by atoms with Crippen LogP contribution in [0, 0.1) is 0 Å². The molecule has 0 aromatic heterocycles. The van der Waals surface area contributed by atoms with Gasteiger partial charge in [-0.05, 0) is 65.8 Å². The number of ether oxygens (including phenoxy) is 7. The van der Waals surface area contributed by atoms with Crippen molar-refractivity contribution in [2.45, 2.75) is 52.7 Å². The molecule has 1 aliphatic heterocycles. The monoisotopic (exact) mass is 574 g/mol. The van der Waals surface area contributed by atoms with E-state index in [4.69, 9.17) is 33.2 Å². The molecule has 11 heteroatoms. The second kappa shape index (κ2) is 14.9. The number of hydrogen-bond acceptors (Lipinski definition) is 9. The van der Waals surface area contributed by atoms with Crippen LogP contribution >= 0.6 is 0 Å². The van der Waals surface area contributed by atoms with E-state index in [1.165, 1.54) is 0 Å². The first kappa shape index (κ1) is 32.0. The molecule has 41 heavy (non-hydrogen) atoms. The van der Waals surface area contributed by atoms with Crippen LogP contribution in [-0.2, 0) is 23.7 Å². The third-order valence-corrected chi connectivity index (χ3v) is 5.19. The van der Waals surface area contributed by atoms with Crippen molar-refractivity contribution in [3.8, 4) is 11.5 Å². The van der Waals surface area contributed by atoms with Crippen molar-refractivity contribution in [1.29, 1.82) is 0 Å². The third-order valence-electron chi connectivity index (χ3n) is 5.19. The summed E-state index contributed by atoms with van der Waals surface area (Å²) < 4.78 is 39.9. The first-order valence-corrected chi connectivity index (χ1v) is 13.7. The zero-order valence-electron chi connectivity index (χ0n) is 24.8. The molecule has 2 aromatic carbocycles. The molecule has 0 fully saturated rings. The van der Waals surface area contributed by atoms with E-state index in [0.717, 1.165) is 10.0 Å². The standard InChI is InChI=1S/C30H42N2O9/c1-29(2,3)40-27(33)31-23-9-7-11-25(21-23)38-19-17-36-15-13-35-14-16-37-18-20-39-26-12-8-10-24(22-26)32(31)28(34)41-30(4,5)6/h7-12,21-22H,13-20H2,1-6H3. The number of hydrogen-bond donors (Lipinski definition) is 0. The lowest BCUT2D eigenvalue weighted by Crippen LogP contribution is -2.53. The smallest absolute Gasteiger partial charge is 0.434 e. The van der Waals surface area contributed by atoms with Gasteiger partial charge in [-0.3, -0.25) is 0 Å². The number of fused-ring (bicyclic) bond motifs is 4. The van der Waals surface area contributed by atoms with Gasteiger partial charge in [-0.25, -0.2) is 9.59 Å². The molecule has 2 aromatic rings. The molecule has 4 bridgehead atoms. The summed E-state index contributed by atoms with van der Waals surface area (Å²) in [4.78, 5) is 27.5. The van der Waals surface area contributed by atoms with Crippen molar-refractivity contribution < 1.29 is 42.7 Å². The molecule has 0 N–H and O–H groups in total.